The highest BCUT2D eigenvalue weighted by molar-refractivity contribution is 6.39. The molecule has 0 heterocycles. The lowest BCUT2D eigenvalue weighted by molar-refractivity contribution is 0.486. The Labute approximate surface area is 120 Å². The van der Waals surface area contributed by atoms with Crippen LogP contribution in [0.4, 0.5) is 11.4 Å². The number of hydrogen-bond donors (Lipinski definition) is 1. The van der Waals surface area contributed by atoms with Crippen molar-refractivity contribution in [1.82, 2.24) is 0 Å². The van der Waals surface area contributed by atoms with Gasteiger partial charge in [-0.15, -0.1) is 0 Å². The van der Waals surface area contributed by atoms with Crippen LogP contribution < -0.4 is 10.6 Å². The quantitative estimate of drug-likeness (QED) is 0.759. The van der Waals surface area contributed by atoms with Crippen LogP contribution in [0, 0.1) is 5.92 Å². The SMILES string of the molecule is CCC(CC)CN(CC)c1c(Cl)cc(N)cc1Cl. The summed E-state index contributed by atoms with van der Waals surface area (Å²) >= 11 is 12.5. The molecule has 0 atom stereocenters. The fourth-order valence-corrected chi connectivity index (χ4v) is 2.87. The zero-order valence-corrected chi connectivity index (χ0v) is 12.9. The van der Waals surface area contributed by atoms with Crippen molar-refractivity contribution in [2.75, 3.05) is 23.7 Å². The van der Waals surface area contributed by atoms with Gasteiger partial charge in [0.05, 0.1) is 15.7 Å². The fraction of sp³-hybridized carbons (Fsp3) is 0.571. The maximum absolute atomic E-state index is 6.27. The van der Waals surface area contributed by atoms with Crippen LogP contribution in [0.25, 0.3) is 0 Å². The molecule has 4 heteroatoms. The maximum Gasteiger partial charge on any atom is 0.0746 e. The molecule has 0 aliphatic carbocycles. The van der Waals surface area contributed by atoms with E-state index < -0.39 is 0 Å². The van der Waals surface area contributed by atoms with Gasteiger partial charge in [0.2, 0.25) is 0 Å². The molecule has 2 nitrogen and oxygen atoms in total. The van der Waals surface area contributed by atoms with Crippen LogP contribution >= 0.6 is 23.2 Å². The van der Waals surface area contributed by atoms with Crippen LogP contribution in [0.15, 0.2) is 12.1 Å². The monoisotopic (exact) mass is 288 g/mol. The summed E-state index contributed by atoms with van der Waals surface area (Å²) in [4.78, 5) is 2.24. The first-order chi connectivity index (χ1) is 8.53. The van der Waals surface area contributed by atoms with Gasteiger partial charge in [-0.2, -0.15) is 0 Å². The second-order valence-electron chi connectivity index (χ2n) is 4.55. The summed E-state index contributed by atoms with van der Waals surface area (Å²) in [6.45, 7) is 8.42. The van der Waals surface area contributed by atoms with Crippen molar-refractivity contribution >= 4 is 34.6 Å². The molecule has 1 rings (SSSR count). The number of anilines is 2. The molecule has 102 valence electrons. The van der Waals surface area contributed by atoms with Crippen molar-refractivity contribution in [1.29, 1.82) is 0 Å². The third kappa shape index (κ3) is 3.69. The van der Waals surface area contributed by atoms with Gasteiger partial charge in [0, 0.05) is 18.8 Å². The fourth-order valence-electron chi connectivity index (χ4n) is 2.12. The lowest BCUT2D eigenvalue weighted by Crippen LogP contribution is -2.29. The van der Waals surface area contributed by atoms with Gasteiger partial charge in [-0.1, -0.05) is 49.9 Å². The highest BCUT2D eigenvalue weighted by Crippen LogP contribution is 2.36. The Morgan fingerprint density at radius 3 is 2.00 bits per heavy atom. The van der Waals surface area contributed by atoms with E-state index in [0.717, 1.165) is 31.6 Å². The van der Waals surface area contributed by atoms with E-state index >= 15 is 0 Å². The van der Waals surface area contributed by atoms with E-state index in [9.17, 15) is 0 Å². The molecule has 0 fully saturated rings. The summed E-state index contributed by atoms with van der Waals surface area (Å²) in [5.74, 6) is 0.662. The Morgan fingerprint density at radius 1 is 1.11 bits per heavy atom. The summed E-state index contributed by atoms with van der Waals surface area (Å²) in [6.07, 6.45) is 2.33. The molecule has 0 amide bonds. The van der Waals surface area contributed by atoms with E-state index in [2.05, 4.69) is 25.7 Å². The molecule has 0 saturated carbocycles. The zero-order chi connectivity index (χ0) is 13.7. The number of nitrogens with zero attached hydrogens (tertiary/aromatic N) is 1. The smallest absolute Gasteiger partial charge is 0.0746 e. The van der Waals surface area contributed by atoms with Gasteiger partial charge in [0.1, 0.15) is 0 Å². The standard InChI is InChI=1S/C14H22Cl2N2/c1-4-10(5-2)9-18(6-3)14-12(15)7-11(17)8-13(14)16/h7-8,10H,4-6,9,17H2,1-3H3. The highest BCUT2D eigenvalue weighted by Gasteiger charge is 2.16. The number of rotatable bonds is 6. The summed E-state index contributed by atoms with van der Waals surface area (Å²) in [6, 6.07) is 3.52. The average molecular weight is 289 g/mol. The predicted molar refractivity (Wildman–Crippen MR) is 82.8 cm³/mol. The first kappa shape index (κ1) is 15.5. The van der Waals surface area contributed by atoms with Crippen molar-refractivity contribution in [2.24, 2.45) is 5.92 Å². The van der Waals surface area contributed by atoms with Crippen molar-refractivity contribution in [3.63, 3.8) is 0 Å². The number of nitrogens with two attached hydrogens (primary N) is 1. The average Bonchev–Trinajstić information content (AvgIpc) is 2.32. The summed E-state index contributed by atoms with van der Waals surface area (Å²) in [7, 11) is 0. The van der Waals surface area contributed by atoms with Crippen LogP contribution in [-0.4, -0.2) is 13.1 Å². The summed E-state index contributed by atoms with van der Waals surface area (Å²) in [5, 5.41) is 1.26. The predicted octanol–water partition coefficient (Wildman–Crippen LogP) is 4.84. The minimum absolute atomic E-state index is 0.604. The Kier molecular flexibility index (Phi) is 6.10. The summed E-state index contributed by atoms with van der Waals surface area (Å²) < 4.78 is 0. The number of halogens is 2. The lowest BCUT2D eigenvalue weighted by atomic mass is 10.0. The molecule has 0 aliphatic rings. The van der Waals surface area contributed by atoms with E-state index in [1.165, 1.54) is 0 Å². The minimum atomic E-state index is 0.604. The number of hydrogen-bond acceptors (Lipinski definition) is 2. The third-order valence-corrected chi connectivity index (χ3v) is 3.95. The van der Waals surface area contributed by atoms with Gasteiger partial charge in [-0.25, -0.2) is 0 Å². The maximum atomic E-state index is 6.27. The van der Waals surface area contributed by atoms with Gasteiger partial charge in [-0.05, 0) is 25.0 Å². The zero-order valence-electron chi connectivity index (χ0n) is 11.3. The van der Waals surface area contributed by atoms with Crippen LogP contribution in [0.2, 0.25) is 10.0 Å². The molecule has 2 N–H and O–H groups in total. The minimum Gasteiger partial charge on any atom is -0.399 e. The van der Waals surface area contributed by atoms with E-state index in [-0.39, 0.29) is 0 Å². The van der Waals surface area contributed by atoms with Gasteiger partial charge >= 0.3 is 0 Å². The molecule has 0 aliphatic heterocycles. The Balaban J connectivity index is 3.01. The Morgan fingerprint density at radius 2 is 1.61 bits per heavy atom. The number of nitrogen functional groups attached to an aromatic ring is 1. The van der Waals surface area contributed by atoms with Crippen molar-refractivity contribution in [3.8, 4) is 0 Å². The lowest BCUT2D eigenvalue weighted by Gasteiger charge is -2.29. The second kappa shape index (κ2) is 7.10. The van der Waals surface area contributed by atoms with E-state index in [1.54, 1.807) is 12.1 Å². The van der Waals surface area contributed by atoms with Gasteiger partial charge < -0.3 is 10.6 Å². The molecule has 0 radical (unpaired) electrons. The summed E-state index contributed by atoms with van der Waals surface area (Å²) in [5.41, 5.74) is 7.24. The van der Waals surface area contributed by atoms with Gasteiger partial charge in [-0.3, -0.25) is 0 Å². The first-order valence-electron chi connectivity index (χ1n) is 6.52. The normalized spacial score (nSPS) is 11.0. The molecule has 18 heavy (non-hydrogen) atoms. The van der Waals surface area contributed by atoms with E-state index in [0.29, 0.717) is 21.7 Å². The molecule has 0 spiro atoms. The van der Waals surface area contributed by atoms with Crippen molar-refractivity contribution in [2.45, 2.75) is 33.6 Å². The third-order valence-electron chi connectivity index (χ3n) is 3.37. The van der Waals surface area contributed by atoms with Gasteiger partial charge in [0.25, 0.3) is 0 Å². The second-order valence-corrected chi connectivity index (χ2v) is 5.37. The first-order valence-corrected chi connectivity index (χ1v) is 7.28. The molecular formula is C14H22Cl2N2. The van der Waals surface area contributed by atoms with E-state index in [4.69, 9.17) is 28.9 Å². The topological polar surface area (TPSA) is 29.3 Å². The molecule has 0 unspecified atom stereocenters. The number of benzene rings is 1. The molecule has 0 aromatic heterocycles. The Bertz CT molecular complexity index is 366. The van der Waals surface area contributed by atoms with Crippen molar-refractivity contribution in [3.05, 3.63) is 22.2 Å². The highest BCUT2D eigenvalue weighted by atomic mass is 35.5. The van der Waals surface area contributed by atoms with Crippen LogP contribution in [-0.2, 0) is 0 Å². The van der Waals surface area contributed by atoms with Crippen LogP contribution in [0.1, 0.15) is 33.6 Å². The molecule has 1 aromatic rings. The molecular weight excluding hydrogens is 267 g/mol. The van der Waals surface area contributed by atoms with Gasteiger partial charge in [0.15, 0.2) is 0 Å². The Hall–Kier alpha value is -0.600. The van der Waals surface area contributed by atoms with Crippen LogP contribution in [0.3, 0.4) is 0 Å². The van der Waals surface area contributed by atoms with Crippen molar-refractivity contribution < 1.29 is 0 Å². The van der Waals surface area contributed by atoms with E-state index in [1.807, 2.05) is 0 Å². The van der Waals surface area contributed by atoms with Crippen LogP contribution in [0.5, 0.6) is 0 Å². The molecule has 0 saturated heterocycles. The molecule has 1 aromatic carbocycles. The molecule has 0 bridgehead atoms. The largest absolute Gasteiger partial charge is 0.399 e.